The van der Waals surface area contributed by atoms with Crippen molar-refractivity contribution in [1.82, 2.24) is 5.32 Å². The SMILES string of the molecule is O=C(O)c1cc(NCC2CCCNC2)ccc1Cl. The van der Waals surface area contributed by atoms with Gasteiger partial charge >= 0.3 is 5.97 Å². The van der Waals surface area contributed by atoms with E-state index in [2.05, 4.69) is 10.6 Å². The number of aromatic carboxylic acids is 1. The Morgan fingerprint density at radius 3 is 3.06 bits per heavy atom. The first-order valence-electron chi connectivity index (χ1n) is 6.14. The van der Waals surface area contributed by atoms with Crippen LogP contribution in [0.1, 0.15) is 23.2 Å². The number of halogens is 1. The normalized spacial score (nSPS) is 19.5. The van der Waals surface area contributed by atoms with Crippen LogP contribution >= 0.6 is 11.6 Å². The smallest absolute Gasteiger partial charge is 0.337 e. The summed E-state index contributed by atoms with van der Waals surface area (Å²) in [6.45, 7) is 2.97. The summed E-state index contributed by atoms with van der Waals surface area (Å²) in [5.41, 5.74) is 0.950. The lowest BCUT2D eigenvalue weighted by Crippen LogP contribution is -2.33. The highest BCUT2D eigenvalue weighted by Gasteiger charge is 2.13. The monoisotopic (exact) mass is 268 g/mol. The average Bonchev–Trinajstić information content (AvgIpc) is 2.38. The number of hydrogen-bond donors (Lipinski definition) is 3. The van der Waals surface area contributed by atoms with Crippen molar-refractivity contribution >= 4 is 23.3 Å². The molecule has 18 heavy (non-hydrogen) atoms. The van der Waals surface area contributed by atoms with E-state index >= 15 is 0 Å². The highest BCUT2D eigenvalue weighted by Crippen LogP contribution is 2.21. The predicted molar refractivity (Wildman–Crippen MR) is 72.5 cm³/mol. The second kappa shape index (κ2) is 6.07. The maximum Gasteiger partial charge on any atom is 0.337 e. The van der Waals surface area contributed by atoms with Gasteiger partial charge in [-0.1, -0.05) is 11.6 Å². The molecule has 1 aromatic rings. The van der Waals surface area contributed by atoms with Crippen molar-refractivity contribution in [1.29, 1.82) is 0 Å². The van der Waals surface area contributed by atoms with E-state index in [4.69, 9.17) is 16.7 Å². The molecule has 0 bridgehead atoms. The fourth-order valence-electron chi connectivity index (χ4n) is 2.16. The molecule has 2 rings (SSSR count). The number of carbonyl (C=O) groups is 1. The van der Waals surface area contributed by atoms with E-state index in [1.165, 1.54) is 12.8 Å². The summed E-state index contributed by atoms with van der Waals surface area (Å²) in [7, 11) is 0. The molecular weight excluding hydrogens is 252 g/mol. The van der Waals surface area contributed by atoms with Crippen LogP contribution in [0.2, 0.25) is 5.02 Å². The van der Waals surface area contributed by atoms with Gasteiger partial charge in [0.05, 0.1) is 10.6 Å². The van der Waals surface area contributed by atoms with Crippen LogP contribution in [0.15, 0.2) is 18.2 Å². The van der Waals surface area contributed by atoms with Crippen molar-refractivity contribution in [3.05, 3.63) is 28.8 Å². The Balaban J connectivity index is 1.96. The molecule has 1 aliphatic rings. The molecule has 0 saturated carbocycles. The van der Waals surface area contributed by atoms with Crippen LogP contribution < -0.4 is 10.6 Å². The molecule has 0 radical (unpaired) electrons. The predicted octanol–water partition coefficient (Wildman–Crippen LogP) is 2.45. The maximum atomic E-state index is 11.0. The molecule has 5 heteroatoms. The lowest BCUT2D eigenvalue weighted by Gasteiger charge is -2.23. The number of piperidine rings is 1. The van der Waals surface area contributed by atoms with Gasteiger partial charge in [-0.3, -0.25) is 0 Å². The Morgan fingerprint density at radius 1 is 1.56 bits per heavy atom. The zero-order valence-electron chi connectivity index (χ0n) is 10.1. The highest BCUT2D eigenvalue weighted by molar-refractivity contribution is 6.33. The second-order valence-corrected chi connectivity index (χ2v) is 5.00. The highest BCUT2D eigenvalue weighted by atomic mass is 35.5. The number of rotatable bonds is 4. The summed E-state index contributed by atoms with van der Waals surface area (Å²) in [4.78, 5) is 11.0. The van der Waals surface area contributed by atoms with Crippen LogP contribution in [0.25, 0.3) is 0 Å². The molecule has 4 nitrogen and oxygen atoms in total. The molecular formula is C13H17ClN2O2. The van der Waals surface area contributed by atoms with Crippen LogP contribution in [-0.2, 0) is 0 Å². The van der Waals surface area contributed by atoms with Gasteiger partial charge in [0, 0.05) is 12.2 Å². The summed E-state index contributed by atoms with van der Waals surface area (Å²) < 4.78 is 0. The quantitative estimate of drug-likeness (QED) is 0.785. The largest absolute Gasteiger partial charge is 0.478 e. The van der Waals surface area contributed by atoms with E-state index in [1.807, 2.05) is 6.07 Å². The van der Waals surface area contributed by atoms with E-state index in [0.717, 1.165) is 25.3 Å². The fraction of sp³-hybridized carbons (Fsp3) is 0.462. The summed E-state index contributed by atoms with van der Waals surface area (Å²) in [5, 5.41) is 15.9. The number of anilines is 1. The number of hydrogen-bond acceptors (Lipinski definition) is 3. The van der Waals surface area contributed by atoms with Crippen LogP contribution in [-0.4, -0.2) is 30.7 Å². The van der Waals surface area contributed by atoms with Crippen molar-refractivity contribution < 1.29 is 9.90 Å². The van der Waals surface area contributed by atoms with Crippen molar-refractivity contribution in [3.63, 3.8) is 0 Å². The van der Waals surface area contributed by atoms with E-state index in [-0.39, 0.29) is 10.6 Å². The average molecular weight is 269 g/mol. The lowest BCUT2D eigenvalue weighted by atomic mass is 9.99. The van der Waals surface area contributed by atoms with Gasteiger partial charge in [-0.15, -0.1) is 0 Å². The van der Waals surface area contributed by atoms with Crippen molar-refractivity contribution in [2.75, 3.05) is 25.0 Å². The Morgan fingerprint density at radius 2 is 2.39 bits per heavy atom. The molecule has 1 saturated heterocycles. The van der Waals surface area contributed by atoms with Gasteiger partial charge in [0.25, 0.3) is 0 Å². The van der Waals surface area contributed by atoms with Crippen LogP contribution in [0.5, 0.6) is 0 Å². The lowest BCUT2D eigenvalue weighted by molar-refractivity contribution is 0.0697. The second-order valence-electron chi connectivity index (χ2n) is 4.59. The molecule has 1 aromatic carbocycles. The number of nitrogens with one attached hydrogen (secondary N) is 2. The van der Waals surface area contributed by atoms with Crippen molar-refractivity contribution in [2.45, 2.75) is 12.8 Å². The molecule has 1 aliphatic heterocycles. The fourth-order valence-corrected chi connectivity index (χ4v) is 2.36. The molecule has 1 heterocycles. The minimum atomic E-state index is -0.997. The standard InChI is InChI=1S/C13H17ClN2O2/c14-12-4-3-10(6-11(12)13(17)18)16-8-9-2-1-5-15-7-9/h3-4,6,9,15-16H,1-2,5,7-8H2,(H,17,18). The molecule has 1 fully saturated rings. The van der Waals surface area contributed by atoms with Crippen molar-refractivity contribution in [2.24, 2.45) is 5.92 Å². The summed E-state index contributed by atoms with van der Waals surface area (Å²) in [6, 6.07) is 5.01. The van der Waals surface area contributed by atoms with Crippen LogP contribution in [0, 0.1) is 5.92 Å². The summed E-state index contributed by atoms with van der Waals surface area (Å²) in [5.74, 6) is -0.398. The number of carboxylic acid groups (broad SMARTS) is 1. The summed E-state index contributed by atoms with van der Waals surface area (Å²) in [6.07, 6.45) is 2.41. The van der Waals surface area contributed by atoms with Gasteiger partial charge in [0.2, 0.25) is 0 Å². The third-order valence-electron chi connectivity index (χ3n) is 3.19. The van der Waals surface area contributed by atoms with E-state index in [0.29, 0.717) is 5.92 Å². The van der Waals surface area contributed by atoms with Gasteiger partial charge in [-0.25, -0.2) is 4.79 Å². The molecule has 0 spiro atoms. The van der Waals surface area contributed by atoms with Crippen LogP contribution in [0.4, 0.5) is 5.69 Å². The Hall–Kier alpha value is -1.26. The molecule has 3 N–H and O–H groups in total. The van der Waals surface area contributed by atoms with Gasteiger partial charge in [0.15, 0.2) is 0 Å². The maximum absolute atomic E-state index is 11.0. The zero-order chi connectivity index (χ0) is 13.0. The van der Waals surface area contributed by atoms with Gasteiger partial charge in [-0.05, 0) is 50.0 Å². The summed E-state index contributed by atoms with van der Waals surface area (Å²) >= 11 is 5.82. The minimum Gasteiger partial charge on any atom is -0.478 e. The molecule has 1 unspecified atom stereocenters. The molecule has 1 atom stereocenters. The van der Waals surface area contributed by atoms with Crippen molar-refractivity contribution in [3.8, 4) is 0 Å². The van der Waals surface area contributed by atoms with Gasteiger partial charge in [-0.2, -0.15) is 0 Å². The number of benzene rings is 1. The zero-order valence-corrected chi connectivity index (χ0v) is 10.8. The Bertz CT molecular complexity index is 431. The molecule has 0 aromatic heterocycles. The Kier molecular flexibility index (Phi) is 4.44. The number of carboxylic acids is 1. The van der Waals surface area contributed by atoms with Gasteiger partial charge < -0.3 is 15.7 Å². The topological polar surface area (TPSA) is 61.4 Å². The van der Waals surface area contributed by atoms with Gasteiger partial charge in [0.1, 0.15) is 0 Å². The first-order valence-corrected chi connectivity index (χ1v) is 6.52. The van der Waals surface area contributed by atoms with Crippen LogP contribution in [0.3, 0.4) is 0 Å². The Labute approximate surface area is 111 Å². The van der Waals surface area contributed by atoms with E-state index in [9.17, 15) is 4.79 Å². The molecule has 98 valence electrons. The molecule has 0 aliphatic carbocycles. The first kappa shape index (κ1) is 13.2. The molecule has 0 amide bonds. The third kappa shape index (κ3) is 3.37. The van der Waals surface area contributed by atoms with E-state index < -0.39 is 5.97 Å². The first-order chi connectivity index (χ1) is 8.66. The van der Waals surface area contributed by atoms with E-state index in [1.54, 1.807) is 12.1 Å². The third-order valence-corrected chi connectivity index (χ3v) is 3.52. The minimum absolute atomic E-state index is 0.142.